The molecule has 0 radical (unpaired) electrons. The molecule has 17 heavy (non-hydrogen) atoms. The zero-order valence-electron chi connectivity index (χ0n) is 10.7. The van der Waals surface area contributed by atoms with Crippen molar-refractivity contribution in [3.8, 4) is 0 Å². The highest BCUT2D eigenvalue weighted by atomic mass is 32.2. The fourth-order valence-electron chi connectivity index (χ4n) is 2.65. The lowest BCUT2D eigenvalue weighted by molar-refractivity contribution is -0.141. The summed E-state index contributed by atoms with van der Waals surface area (Å²) in [7, 11) is 0. The second kappa shape index (κ2) is 4.78. The van der Waals surface area contributed by atoms with Crippen molar-refractivity contribution in [2.24, 2.45) is 0 Å². The Balaban J connectivity index is 2.02. The van der Waals surface area contributed by atoms with Gasteiger partial charge < -0.3 is 10.4 Å². The number of hydrogen-bond acceptors (Lipinski definition) is 4. The summed E-state index contributed by atoms with van der Waals surface area (Å²) in [5.74, 6) is 0.427. The van der Waals surface area contributed by atoms with Gasteiger partial charge in [-0.05, 0) is 6.42 Å². The Hall–Kier alpha value is -0.260. The molecule has 4 nitrogen and oxygen atoms in total. The predicted octanol–water partition coefficient (Wildman–Crippen LogP) is 1.02. The van der Waals surface area contributed by atoms with Gasteiger partial charge in [-0.3, -0.25) is 9.69 Å². The Morgan fingerprint density at radius 3 is 2.65 bits per heavy atom. The van der Waals surface area contributed by atoms with Gasteiger partial charge in [0, 0.05) is 36.7 Å². The Kier molecular flexibility index (Phi) is 3.71. The third kappa shape index (κ3) is 2.95. The van der Waals surface area contributed by atoms with E-state index in [1.165, 1.54) is 0 Å². The van der Waals surface area contributed by atoms with E-state index in [-0.39, 0.29) is 12.0 Å². The molecule has 2 aliphatic rings. The van der Waals surface area contributed by atoms with Gasteiger partial charge >= 0.3 is 5.97 Å². The number of aliphatic carboxylic acids is 1. The summed E-state index contributed by atoms with van der Waals surface area (Å²) in [4.78, 5) is 13.4. The van der Waals surface area contributed by atoms with Gasteiger partial charge in [-0.25, -0.2) is 0 Å². The maximum absolute atomic E-state index is 11.0. The van der Waals surface area contributed by atoms with Crippen LogP contribution in [-0.2, 0) is 4.79 Å². The molecule has 0 aromatic heterocycles. The van der Waals surface area contributed by atoms with E-state index in [1.807, 2.05) is 11.8 Å². The van der Waals surface area contributed by atoms with Crippen LogP contribution >= 0.6 is 11.8 Å². The summed E-state index contributed by atoms with van der Waals surface area (Å²) in [6, 6.07) is 0. The first-order valence-corrected chi connectivity index (χ1v) is 7.24. The molecule has 0 saturated carbocycles. The van der Waals surface area contributed by atoms with Crippen molar-refractivity contribution in [2.45, 2.75) is 37.0 Å². The number of nitrogens with one attached hydrogen (secondary N) is 1. The normalized spacial score (nSPS) is 28.1. The van der Waals surface area contributed by atoms with Gasteiger partial charge in [-0.2, -0.15) is 11.8 Å². The van der Waals surface area contributed by atoms with Gasteiger partial charge in [-0.15, -0.1) is 0 Å². The number of rotatable bonds is 3. The zero-order valence-corrected chi connectivity index (χ0v) is 11.5. The lowest BCUT2D eigenvalue weighted by Crippen LogP contribution is -2.70. The SMILES string of the molecule is CC1(C)CCN(C2(CC(=O)O)CNC2)CCS1. The molecule has 2 aliphatic heterocycles. The molecular weight excluding hydrogens is 236 g/mol. The Morgan fingerprint density at radius 2 is 2.12 bits per heavy atom. The largest absolute Gasteiger partial charge is 0.481 e. The topological polar surface area (TPSA) is 52.6 Å². The molecule has 0 spiro atoms. The second-order valence-corrected chi connectivity index (χ2v) is 7.55. The minimum absolute atomic E-state index is 0.118. The smallest absolute Gasteiger partial charge is 0.305 e. The lowest BCUT2D eigenvalue weighted by Gasteiger charge is -2.50. The molecule has 5 heteroatoms. The average molecular weight is 258 g/mol. The summed E-state index contributed by atoms with van der Waals surface area (Å²) in [5.41, 5.74) is -0.118. The summed E-state index contributed by atoms with van der Waals surface area (Å²) in [6.07, 6.45) is 1.41. The second-order valence-electron chi connectivity index (χ2n) is 5.74. The predicted molar refractivity (Wildman–Crippen MR) is 70.6 cm³/mol. The van der Waals surface area contributed by atoms with Crippen molar-refractivity contribution in [2.75, 3.05) is 31.9 Å². The maximum Gasteiger partial charge on any atom is 0.305 e. The Labute approximate surface area is 107 Å². The minimum atomic E-state index is -0.678. The third-order valence-electron chi connectivity index (χ3n) is 3.90. The van der Waals surface area contributed by atoms with Gasteiger partial charge in [0.1, 0.15) is 0 Å². The van der Waals surface area contributed by atoms with Gasteiger partial charge in [0.15, 0.2) is 0 Å². The Morgan fingerprint density at radius 1 is 1.41 bits per heavy atom. The highest BCUT2D eigenvalue weighted by Crippen LogP contribution is 2.34. The van der Waals surface area contributed by atoms with Crippen LogP contribution in [0.2, 0.25) is 0 Å². The van der Waals surface area contributed by atoms with Gasteiger partial charge in [0.25, 0.3) is 0 Å². The molecule has 2 fully saturated rings. The van der Waals surface area contributed by atoms with E-state index in [0.717, 1.165) is 38.4 Å². The standard InChI is InChI=1S/C12H22N2O2S/c1-11(2)3-4-14(5-6-17-11)12(7-10(15)16)8-13-9-12/h13H,3-9H2,1-2H3,(H,15,16). The number of hydrogen-bond donors (Lipinski definition) is 2. The van der Waals surface area contributed by atoms with Gasteiger partial charge in [0.05, 0.1) is 12.0 Å². The van der Waals surface area contributed by atoms with Crippen LogP contribution in [0.5, 0.6) is 0 Å². The van der Waals surface area contributed by atoms with Crippen molar-refractivity contribution in [1.82, 2.24) is 10.2 Å². The van der Waals surface area contributed by atoms with Crippen LogP contribution in [0.3, 0.4) is 0 Å². The molecule has 0 aromatic rings. The van der Waals surface area contributed by atoms with Gasteiger partial charge in [-0.1, -0.05) is 13.8 Å². The minimum Gasteiger partial charge on any atom is -0.481 e. The van der Waals surface area contributed by atoms with Gasteiger partial charge in [0.2, 0.25) is 0 Å². The Bertz CT molecular complexity index is 303. The molecule has 98 valence electrons. The quantitative estimate of drug-likeness (QED) is 0.791. The van der Waals surface area contributed by atoms with Crippen LogP contribution in [0.15, 0.2) is 0 Å². The maximum atomic E-state index is 11.0. The van der Waals surface area contributed by atoms with Crippen molar-refractivity contribution in [3.63, 3.8) is 0 Å². The summed E-state index contributed by atoms with van der Waals surface area (Å²) in [5, 5.41) is 12.3. The third-order valence-corrected chi connectivity index (χ3v) is 5.27. The van der Waals surface area contributed by atoms with E-state index in [2.05, 4.69) is 24.1 Å². The molecule has 0 aliphatic carbocycles. The van der Waals surface area contributed by atoms with Crippen LogP contribution < -0.4 is 5.32 Å². The summed E-state index contributed by atoms with van der Waals surface area (Å²) >= 11 is 2.01. The summed E-state index contributed by atoms with van der Waals surface area (Å²) < 4.78 is 0.330. The van der Waals surface area contributed by atoms with Crippen molar-refractivity contribution < 1.29 is 9.90 Å². The fourth-order valence-corrected chi connectivity index (χ4v) is 3.75. The number of carbonyl (C=O) groups is 1. The van der Waals surface area contributed by atoms with Crippen LogP contribution in [-0.4, -0.2) is 58.2 Å². The molecule has 0 amide bonds. The average Bonchev–Trinajstić information content (AvgIpc) is 2.33. The van der Waals surface area contributed by atoms with Crippen LogP contribution in [0.1, 0.15) is 26.7 Å². The molecular formula is C12H22N2O2S. The molecule has 2 N–H and O–H groups in total. The molecule has 0 aromatic carbocycles. The molecule has 2 saturated heterocycles. The number of carboxylic acid groups (broad SMARTS) is 1. The number of carboxylic acids is 1. The number of thioether (sulfide) groups is 1. The number of nitrogens with zero attached hydrogens (tertiary/aromatic N) is 1. The van der Waals surface area contributed by atoms with E-state index < -0.39 is 5.97 Å². The molecule has 2 rings (SSSR count). The first-order chi connectivity index (χ1) is 7.94. The summed E-state index contributed by atoms with van der Waals surface area (Å²) in [6.45, 7) is 8.25. The first kappa shape index (κ1) is 13.2. The fraction of sp³-hybridized carbons (Fsp3) is 0.917. The van der Waals surface area contributed by atoms with Crippen LogP contribution in [0, 0.1) is 0 Å². The molecule has 0 atom stereocenters. The highest BCUT2D eigenvalue weighted by molar-refractivity contribution is 8.00. The van der Waals surface area contributed by atoms with E-state index in [0.29, 0.717) is 4.75 Å². The molecule has 2 heterocycles. The van der Waals surface area contributed by atoms with E-state index in [9.17, 15) is 4.79 Å². The molecule has 0 bridgehead atoms. The zero-order chi connectivity index (χ0) is 12.5. The van der Waals surface area contributed by atoms with Crippen molar-refractivity contribution in [3.05, 3.63) is 0 Å². The van der Waals surface area contributed by atoms with Crippen molar-refractivity contribution >= 4 is 17.7 Å². The highest BCUT2D eigenvalue weighted by Gasteiger charge is 2.45. The van der Waals surface area contributed by atoms with E-state index in [1.54, 1.807) is 0 Å². The monoisotopic (exact) mass is 258 g/mol. The van der Waals surface area contributed by atoms with Crippen LogP contribution in [0.25, 0.3) is 0 Å². The van der Waals surface area contributed by atoms with Crippen molar-refractivity contribution in [1.29, 1.82) is 0 Å². The van der Waals surface area contributed by atoms with E-state index in [4.69, 9.17) is 5.11 Å². The molecule has 0 unspecified atom stereocenters. The lowest BCUT2D eigenvalue weighted by atomic mass is 9.86. The first-order valence-electron chi connectivity index (χ1n) is 6.25. The van der Waals surface area contributed by atoms with Crippen LogP contribution in [0.4, 0.5) is 0 Å². The van der Waals surface area contributed by atoms with E-state index >= 15 is 0 Å².